The molecular weight excluding hydrogens is 230 g/mol. The molecule has 0 spiro atoms. The zero-order chi connectivity index (χ0) is 13.0. The fourth-order valence-electron chi connectivity index (χ4n) is 1.84. The van der Waals surface area contributed by atoms with E-state index in [1.54, 1.807) is 0 Å². The quantitative estimate of drug-likeness (QED) is 0.527. The normalized spacial score (nSPS) is 10.6. The largest absolute Gasteiger partial charge is 0.369 e. The standard InChI is InChI=1S/C12H17N5O/c1-8-6-10-11(14-5-3-4-13-7-18)16-9(2)17-12(10)15-8/h6-7H,3-5H2,1-2H3,(H,13,18)(H2,14,15,16,17). The number of rotatable bonds is 6. The number of H-pyrrole nitrogens is 1. The zero-order valence-electron chi connectivity index (χ0n) is 10.6. The Morgan fingerprint density at radius 3 is 2.94 bits per heavy atom. The summed E-state index contributed by atoms with van der Waals surface area (Å²) in [5, 5.41) is 6.90. The van der Waals surface area contributed by atoms with E-state index >= 15 is 0 Å². The van der Waals surface area contributed by atoms with Gasteiger partial charge in [0, 0.05) is 18.8 Å². The predicted octanol–water partition coefficient (Wildman–Crippen LogP) is 1.12. The lowest BCUT2D eigenvalue weighted by Crippen LogP contribution is -2.16. The van der Waals surface area contributed by atoms with E-state index in [4.69, 9.17) is 0 Å². The van der Waals surface area contributed by atoms with Crippen LogP contribution < -0.4 is 10.6 Å². The molecular formula is C12H17N5O. The highest BCUT2D eigenvalue weighted by atomic mass is 16.1. The SMILES string of the molecule is Cc1nc(NCCCNC=O)c2cc(C)[nH]c2n1. The highest BCUT2D eigenvalue weighted by Gasteiger charge is 2.07. The summed E-state index contributed by atoms with van der Waals surface area (Å²) in [5.41, 5.74) is 1.92. The first-order valence-corrected chi connectivity index (χ1v) is 5.95. The number of aromatic amines is 1. The van der Waals surface area contributed by atoms with Crippen LogP contribution in [-0.2, 0) is 4.79 Å². The number of aryl methyl sites for hydroxylation is 2. The molecule has 0 aliphatic carbocycles. The molecule has 0 atom stereocenters. The molecule has 2 aromatic rings. The molecule has 0 unspecified atom stereocenters. The van der Waals surface area contributed by atoms with E-state index in [2.05, 4.69) is 25.6 Å². The van der Waals surface area contributed by atoms with E-state index < -0.39 is 0 Å². The Bertz CT molecular complexity index is 549. The molecule has 2 rings (SSSR count). The second-order valence-electron chi connectivity index (χ2n) is 4.19. The van der Waals surface area contributed by atoms with Gasteiger partial charge in [-0.2, -0.15) is 0 Å². The van der Waals surface area contributed by atoms with Crippen molar-refractivity contribution in [2.24, 2.45) is 0 Å². The number of nitrogens with zero attached hydrogens (tertiary/aromatic N) is 2. The van der Waals surface area contributed by atoms with Crippen LogP contribution in [0.4, 0.5) is 5.82 Å². The van der Waals surface area contributed by atoms with Gasteiger partial charge in [-0.3, -0.25) is 4.79 Å². The highest BCUT2D eigenvalue weighted by molar-refractivity contribution is 5.87. The molecule has 6 nitrogen and oxygen atoms in total. The Hall–Kier alpha value is -2.11. The number of fused-ring (bicyclic) bond motifs is 1. The number of aromatic nitrogens is 3. The summed E-state index contributed by atoms with van der Waals surface area (Å²) in [6, 6.07) is 2.03. The van der Waals surface area contributed by atoms with Crippen LogP contribution >= 0.6 is 0 Å². The van der Waals surface area contributed by atoms with Crippen LogP contribution in [0, 0.1) is 13.8 Å². The number of carbonyl (C=O) groups excluding carboxylic acids is 1. The summed E-state index contributed by atoms with van der Waals surface area (Å²) in [6.45, 7) is 5.29. The second kappa shape index (κ2) is 5.48. The molecule has 1 amide bonds. The number of carbonyl (C=O) groups is 1. The number of anilines is 1. The first-order valence-electron chi connectivity index (χ1n) is 5.95. The van der Waals surface area contributed by atoms with Crippen molar-refractivity contribution < 1.29 is 4.79 Å². The molecule has 0 fully saturated rings. The predicted molar refractivity (Wildman–Crippen MR) is 70.5 cm³/mol. The van der Waals surface area contributed by atoms with Crippen LogP contribution in [0.15, 0.2) is 6.07 Å². The summed E-state index contributed by atoms with van der Waals surface area (Å²) in [6.07, 6.45) is 1.56. The monoisotopic (exact) mass is 247 g/mol. The molecule has 0 aliphatic heterocycles. The Morgan fingerprint density at radius 2 is 2.17 bits per heavy atom. The molecule has 0 radical (unpaired) electrons. The van der Waals surface area contributed by atoms with Crippen molar-refractivity contribution >= 4 is 23.3 Å². The third kappa shape index (κ3) is 2.77. The Morgan fingerprint density at radius 1 is 1.33 bits per heavy atom. The first kappa shape index (κ1) is 12.3. The van der Waals surface area contributed by atoms with Gasteiger partial charge < -0.3 is 15.6 Å². The van der Waals surface area contributed by atoms with Crippen molar-refractivity contribution in [2.45, 2.75) is 20.3 Å². The average Bonchev–Trinajstić information content (AvgIpc) is 2.69. The van der Waals surface area contributed by atoms with Crippen LogP contribution in [-0.4, -0.2) is 34.5 Å². The van der Waals surface area contributed by atoms with Gasteiger partial charge in [0.15, 0.2) is 0 Å². The molecule has 2 aromatic heterocycles. The van der Waals surface area contributed by atoms with Crippen LogP contribution in [0.3, 0.4) is 0 Å². The van der Waals surface area contributed by atoms with Crippen molar-refractivity contribution in [3.05, 3.63) is 17.6 Å². The smallest absolute Gasteiger partial charge is 0.207 e. The van der Waals surface area contributed by atoms with E-state index in [1.807, 2.05) is 19.9 Å². The number of amides is 1. The number of hydrogen-bond acceptors (Lipinski definition) is 4. The topological polar surface area (TPSA) is 82.7 Å². The summed E-state index contributed by atoms with van der Waals surface area (Å²) >= 11 is 0. The minimum absolute atomic E-state index is 0.663. The maximum absolute atomic E-state index is 10.1. The van der Waals surface area contributed by atoms with E-state index in [0.717, 1.165) is 41.3 Å². The van der Waals surface area contributed by atoms with Crippen molar-refractivity contribution in [3.63, 3.8) is 0 Å². The van der Waals surface area contributed by atoms with Gasteiger partial charge in [0.25, 0.3) is 0 Å². The molecule has 6 heteroatoms. The van der Waals surface area contributed by atoms with Crippen molar-refractivity contribution in [1.29, 1.82) is 0 Å². The lowest BCUT2D eigenvalue weighted by Gasteiger charge is -2.07. The fourth-order valence-corrected chi connectivity index (χ4v) is 1.84. The maximum Gasteiger partial charge on any atom is 0.207 e. The van der Waals surface area contributed by atoms with Crippen molar-refractivity contribution in [1.82, 2.24) is 20.3 Å². The van der Waals surface area contributed by atoms with Crippen LogP contribution in [0.25, 0.3) is 11.0 Å². The van der Waals surface area contributed by atoms with Gasteiger partial charge in [0.1, 0.15) is 17.3 Å². The molecule has 0 bridgehead atoms. The van der Waals surface area contributed by atoms with Gasteiger partial charge in [0.05, 0.1) is 5.39 Å². The van der Waals surface area contributed by atoms with Gasteiger partial charge >= 0.3 is 0 Å². The molecule has 0 aromatic carbocycles. The lowest BCUT2D eigenvalue weighted by molar-refractivity contribution is -0.109. The van der Waals surface area contributed by atoms with Crippen LogP contribution in [0.1, 0.15) is 17.9 Å². The van der Waals surface area contributed by atoms with Crippen molar-refractivity contribution in [2.75, 3.05) is 18.4 Å². The van der Waals surface area contributed by atoms with Crippen LogP contribution in [0.2, 0.25) is 0 Å². The van der Waals surface area contributed by atoms with Crippen molar-refractivity contribution in [3.8, 4) is 0 Å². The Balaban J connectivity index is 2.09. The molecule has 3 N–H and O–H groups in total. The van der Waals surface area contributed by atoms with Gasteiger partial charge in [-0.05, 0) is 26.3 Å². The summed E-state index contributed by atoms with van der Waals surface area (Å²) in [4.78, 5) is 22.1. The Labute approximate surface area is 105 Å². The zero-order valence-corrected chi connectivity index (χ0v) is 10.6. The molecule has 2 heterocycles. The summed E-state index contributed by atoms with van der Waals surface area (Å²) < 4.78 is 0. The van der Waals surface area contributed by atoms with Crippen LogP contribution in [0.5, 0.6) is 0 Å². The molecule has 96 valence electrons. The third-order valence-corrected chi connectivity index (χ3v) is 2.61. The first-order chi connectivity index (χ1) is 8.70. The van der Waals surface area contributed by atoms with Gasteiger partial charge in [-0.1, -0.05) is 0 Å². The maximum atomic E-state index is 10.1. The highest BCUT2D eigenvalue weighted by Crippen LogP contribution is 2.20. The van der Waals surface area contributed by atoms with E-state index in [0.29, 0.717) is 13.0 Å². The van der Waals surface area contributed by atoms with E-state index in [-0.39, 0.29) is 0 Å². The van der Waals surface area contributed by atoms with E-state index in [1.165, 1.54) is 0 Å². The summed E-state index contributed by atoms with van der Waals surface area (Å²) in [7, 11) is 0. The van der Waals surface area contributed by atoms with Gasteiger partial charge in [-0.15, -0.1) is 0 Å². The lowest BCUT2D eigenvalue weighted by atomic mass is 10.3. The third-order valence-electron chi connectivity index (χ3n) is 2.61. The average molecular weight is 247 g/mol. The molecule has 0 saturated carbocycles. The number of hydrogen-bond donors (Lipinski definition) is 3. The molecule has 18 heavy (non-hydrogen) atoms. The fraction of sp³-hybridized carbons (Fsp3) is 0.417. The van der Waals surface area contributed by atoms with E-state index in [9.17, 15) is 4.79 Å². The minimum atomic E-state index is 0.663. The Kier molecular flexibility index (Phi) is 3.76. The van der Waals surface area contributed by atoms with Gasteiger partial charge in [-0.25, -0.2) is 9.97 Å². The summed E-state index contributed by atoms with van der Waals surface area (Å²) in [5.74, 6) is 1.57. The number of nitrogens with one attached hydrogen (secondary N) is 3. The van der Waals surface area contributed by atoms with Gasteiger partial charge in [0.2, 0.25) is 6.41 Å². The molecule has 0 aliphatic rings. The molecule has 0 saturated heterocycles. The second-order valence-corrected chi connectivity index (χ2v) is 4.19. The minimum Gasteiger partial charge on any atom is -0.369 e.